The zero-order chi connectivity index (χ0) is 11.4. The zero-order valence-electron chi connectivity index (χ0n) is 9.53. The zero-order valence-corrected chi connectivity index (χ0v) is 9.53. The molecular weight excluding hydrogens is 192 g/mol. The van der Waals surface area contributed by atoms with Crippen molar-refractivity contribution in [1.82, 2.24) is 0 Å². The van der Waals surface area contributed by atoms with E-state index in [4.69, 9.17) is 9.47 Å². The monoisotopic (exact) mass is 208 g/mol. The first kappa shape index (κ1) is 11.6. The number of hydrogen-bond donors (Lipinski definition) is 0. The van der Waals surface area contributed by atoms with Gasteiger partial charge in [-0.2, -0.15) is 0 Å². The van der Waals surface area contributed by atoms with Crippen LogP contribution < -0.4 is 9.47 Å². The molecule has 0 aliphatic carbocycles. The quantitative estimate of drug-likeness (QED) is 0.713. The van der Waals surface area contributed by atoms with E-state index >= 15 is 0 Å². The Kier molecular flexibility index (Phi) is 3.72. The van der Waals surface area contributed by atoms with Gasteiger partial charge in [-0.1, -0.05) is 13.8 Å². The molecule has 15 heavy (non-hydrogen) atoms. The highest BCUT2D eigenvalue weighted by atomic mass is 16.5. The number of carbonyl (C=O) groups excluding carboxylic acids is 1. The van der Waals surface area contributed by atoms with Gasteiger partial charge in [-0.15, -0.1) is 0 Å². The molecule has 0 atom stereocenters. The topological polar surface area (TPSA) is 35.5 Å². The molecule has 0 aromatic heterocycles. The van der Waals surface area contributed by atoms with Crippen molar-refractivity contribution < 1.29 is 14.3 Å². The maximum absolute atomic E-state index is 10.9. The Morgan fingerprint density at radius 2 is 1.67 bits per heavy atom. The van der Waals surface area contributed by atoms with Gasteiger partial charge in [0.2, 0.25) is 0 Å². The molecule has 0 spiro atoms. The summed E-state index contributed by atoms with van der Waals surface area (Å²) in [4.78, 5) is 10.9. The summed E-state index contributed by atoms with van der Waals surface area (Å²) in [5.74, 6) is 1.53. The van der Waals surface area contributed by atoms with Crippen LogP contribution in [0.5, 0.6) is 11.5 Å². The van der Waals surface area contributed by atoms with Crippen LogP contribution in [0.1, 0.15) is 35.7 Å². The third kappa shape index (κ3) is 2.29. The summed E-state index contributed by atoms with van der Waals surface area (Å²) in [6.07, 6.45) is 0.845. The van der Waals surface area contributed by atoms with E-state index in [1.54, 1.807) is 20.3 Å². The van der Waals surface area contributed by atoms with Gasteiger partial charge in [0.05, 0.1) is 14.2 Å². The van der Waals surface area contributed by atoms with Gasteiger partial charge >= 0.3 is 0 Å². The van der Waals surface area contributed by atoms with Gasteiger partial charge in [-0.05, 0) is 23.6 Å². The minimum absolute atomic E-state index is 0.282. The third-order valence-electron chi connectivity index (χ3n) is 2.34. The van der Waals surface area contributed by atoms with E-state index < -0.39 is 0 Å². The Balaban J connectivity index is 3.34. The van der Waals surface area contributed by atoms with Gasteiger partial charge in [-0.3, -0.25) is 4.79 Å². The second kappa shape index (κ2) is 4.82. The Labute approximate surface area is 90.0 Å². The maximum Gasteiger partial charge on any atom is 0.161 e. The van der Waals surface area contributed by atoms with Crippen molar-refractivity contribution in [3.05, 3.63) is 23.3 Å². The minimum atomic E-state index is 0.282. The highest BCUT2D eigenvalue weighted by Gasteiger charge is 2.12. The van der Waals surface area contributed by atoms with Crippen LogP contribution in [0, 0.1) is 0 Å². The lowest BCUT2D eigenvalue weighted by atomic mass is 9.97. The van der Waals surface area contributed by atoms with E-state index in [1.807, 2.05) is 19.9 Å². The standard InChI is InChI=1S/C12H16O3/c1-8(2)10-6-12(15-4)11(14-3)5-9(10)7-13/h5-8H,1-4H3. The number of ether oxygens (including phenoxy) is 2. The number of aldehydes is 1. The summed E-state index contributed by atoms with van der Waals surface area (Å²) in [5.41, 5.74) is 1.63. The SMILES string of the molecule is COc1cc(C=O)c(C(C)C)cc1OC. The molecule has 0 N–H and O–H groups in total. The minimum Gasteiger partial charge on any atom is -0.493 e. The Hall–Kier alpha value is -1.51. The van der Waals surface area contributed by atoms with Crippen LogP contribution in [-0.4, -0.2) is 20.5 Å². The molecule has 0 fully saturated rings. The van der Waals surface area contributed by atoms with Crippen LogP contribution in [0.15, 0.2) is 12.1 Å². The lowest BCUT2D eigenvalue weighted by molar-refractivity contribution is 0.112. The van der Waals surface area contributed by atoms with Gasteiger partial charge < -0.3 is 9.47 Å². The molecule has 3 heteroatoms. The van der Waals surface area contributed by atoms with Crippen LogP contribution in [0.25, 0.3) is 0 Å². The number of rotatable bonds is 4. The number of methoxy groups -OCH3 is 2. The van der Waals surface area contributed by atoms with Gasteiger partial charge in [0, 0.05) is 5.56 Å². The molecule has 1 aromatic rings. The first-order valence-corrected chi connectivity index (χ1v) is 4.85. The van der Waals surface area contributed by atoms with Gasteiger partial charge in [0.1, 0.15) is 6.29 Å². The molecule has 0 unspecified atom stereocenters. The van der Waals surface area contributed by atoms with E-state index in [0.29, 0.717) is 17.1 Å². The molecule has 0 saturated heterocycles. The van der Waals surface area contributed by atoms with E-state index in [2.05, 4.69) is 0 Å². The van der Waals surface area contributed by atoms with Crippen LogP contribution in [0.3, 0.4) is 0 Å². The smallest absolute Gasteiger partial charge is 0.161 e. The summed E-state index contributed by atoms with van der Waals surface area (Å²) in [6, 6.07) is 3.56. The first-order valence-electron chi connectivity index (χ1n) is 4.85. The number of benzene rings is 1. The van der Waals surface area contributed by atoms with Crippen molar-refractivity contribution in [2.45, 2.75) is 19.8 Å². The van der Waals surface area contributed by atoms with Crippen LogP contribution in [0.4, 0.5) is 0 Å². The van der Waals surface area contributed by atoms with Crippen molar-refractivity contribution in [3.63, 3.8) is 0 Å². The molecule has 0 bridgehead atoms. The average molecular weight is 208 g/mol. The Morgan fingerprint density at radius 1 is 1.13 bits per heavy atom. The van der Waals surface area contributed by atoms with Gasteiger partial charge in [-0.25, -0.2) is 0 Å². The van der Waals surface area contributed by atoms with Crippen molar-refractivity contribution >= 4 is 6.29 Å². The Bertz CT molecular complexity index is 356. The van der Waals surface area contributed by atoms with Gasteiger partial charge in [0.25, 0.3) is 0 Å². The summed E-state index contributed by atoms with van der Waals surface area (Å²) in [6.45, 7) is 4.07. The van der Waals surface area contributed by atoms with E-state index in [-0.39, 0.29) is 5.92 Å². The molecule has 3 nitrogen and oxygen atoms in total. The molecule has 0 amide bonds. The molecule has 0 aliphatic heterocycles. The lowest BCUT2D eigenvalue weighted by Crippen LogP contribution is -1.99. The Morgan fingerprint density at radius 3 is 2.07 bits per heavy atom. The molecular formula is C12H16O3. The molecule has 0 heterocycles. The fourth-order valence-corrected chi connectivity index (χ4v) is 1.51. The molecule has 1 rings (SSSR count). The van der Waals surface area contributed by atoms with E-state index in [0.717, 1.165) is 11.8 Å². The number of carbonyl (C=O) groups is 1. The largest absolute Gasteiger partial charge is 0.493 e. The van der Waals surface area contributed by atoms with Crippen LogP contribution >= 0.6 is 0 Å². The molecule has 82 valence electrons. The van der Waals surface area contributed by atoms with Crippen molar-refractivity contribution in [1.29, 1.82) is 0 Å². The fraction of sp³-hybridized carbons (Fsp3) is 0.417. The van der Waals surface area contributed by atoms with Crippen molar-refractivity contribution in [2.75, 3.05) is 14.2 Å². The summed E-state index contributed by atoms with van der Waals surface area (Å²) in [5, 5.41) is 0. The van der Waals surface area contributed by atoms with Gasteiger partial charge in [0.15, 0.2) is 11.5 Å². The highest BCUT2D eigenvalue weighted by molar-refractivity contribution is 5.79. The average Bonchev–Trinajstić information content (AvgIpc) is 2.26. The lowest BCUT2D eigenvalue weighted by Gasteiger charge is -2.14. The normalized spacial score (nSPS) is 10.2. The molecule has 0 saturated carbocycles. The van der Waals surface area contributed by atoms with Crippen molar-refractivity contribution in [3.8, 4) is 11.5 Å². The summed E-state index contributed by atoms with van der Waals surface area (Å²) < 4.78 is 10.3. The molecule has 1 aromatic carbocycles. The van der Waals surface area contributed by atoms with Crippen LogP contribution in [-0.2, 0) is 0 Å². The fourth-order valence-electron chi connectivity index (χ4n) is 1.51. The van der Waals surface area contributed by atoms with E-state index in [1.165, 1.54) is 0 Å². The molecule has 0 radical (unpaired) electrons. The maximum atomic E-state index is 10.9. The number of hydrogen-bond acceptors (Lipinski definition) is 3. The second-order valence-corrected chi connectivity index (χ2v) is 3.61. The third-order valence-corrected chi connectivity index (χ3v) is 2.34. The van der Waals surface area contributed by atoms with E-state index in [9.17, 15) is 4.79 Å². The van der Waals surface area contributed by atoms with Crippen LogP contribution in [0.2, 0.25) is 0 Å². The second-order valence-electron chi connectivity index (χ2n) is 3.61. The molecule has 0 aliphatic rings. The summed E-state index contributed by atoms with van der Waals surface area (Å²) in [7, 11) is 3.14. The predicted octanol–water partition coefficient (Wildman–Crippen LogP) is 2.64. The highest BCUT2D eigenvalue weighted by Crippen LogP contribution is 2.32. The first-order chi connectivity index (χ1) is 7.13. The summed E-state index contributed by atoms with van der Waals surface area (Å²) >= 11 is 0. The predicted molar refractivity (Wildman–Crippen MR) is 59.0 cm³/mol. The van der Waals surface area contributed by atoms with Crippen molar-refractivity contribution in [2.24, 2.45) is 0 Å².